The maximum absolute atomic E-state index is 11.5. The number of aromatic hydroxyl groups is 1. The van der Waals surface area contributed by atoms with Crippen LogP contribution in [0.5, 0.6) is 11.5 Å². The highest BCUT2D eigenvalue weighted by Gasteiger charge is 2.09. The molecule has 0 aliphatic carbocycles. The number of nitrogens with one attached hydrogen (secondary N) is 2. The Hall–Kier alpha value is -2.31. The van der Waals surface area contributed by atoms with E-state index in [1.807, 2.05) is 18.2 Å². The molecule has 3 rings (SSSR count). The van der Waals surface area contributed by atoms with Crippen molar-refractivity contribution in [3.05, 3.63) is 57.2 Å². The van der Waals surface area contributed by atoms with Crippen molar-refractivity contribution in [1.82, 2.24) is 10.3 Å². The lowest BCUT2D eigenvalue weighted by Crippen LogP contribution is -2.19. The first kappa shape index (κ1) is 17.5. The Labute approximate surface area is 150 Å². The van der Waals surface area contributed by atoms with E-state index in [1.54, 1.807) is 13.2 Å². The van der Waals surface area contributed by atoms with E-state index in [1.165, 1.54) is 5.56 Å². The molecule has 3 N–H and O–H groups in total. The summed E-state index contributed by atoms with van der Waals surface area (Å²) in [5, 5.41) is 13.2. The SMILES string of the molecule is COc1ccc(CCCNCCc2ccc(O)c3[nH]c(=O)sc23)cc1. The van der Waals surface area contributed by atoms with E-state index < -0.39 is 0 Å². The summed E-state index contributed by atoms with van der Waals surface area (Å²) in [6.07, 6.45) is 2.92. The molecule has 132 valence electrons. The van der Waals surface area contributed by atoms with Gasteiger partial charge >= 0.3 is 4.87 Å². The number of aromatic nitrogens is 1. The van der Waals surface area contributed by atoms with Crippen molar-refractivity contribution in [2.45, 2.75) is 19.3 Å². The molecule has 0 spiro atoms. The van der Waals surface area contributed by atoms with Crippen molar-refractivity contribution < 1.29 is 9.84 Å². The highest BCUT2D eigenvalue weighted by molar-refractivity contribution is 7.16. The third-order valence-electron chi connectivity index (χ3n) is 4.19. The smallest absolute Gasteiger partial charge is 0.305 e. The minimum atomic E-state index is -0.134. The molecule has 0 unspecified atom stereocenters. The number of aromatic amines is 1. The number of phenols is 1. The summed E-state index contributed by atoms with van der Waals surface area (Å²) in [5.41, 5.74) is 2.94. The highest BCUT2D eigenvalue weighted by Crippen LogP contribution is 2.27. The summed E-state index contributed by atoms with van der Waals surface area (Å²) < 4.78 is 6.01. The van der Waals surface area contributed by atoms with Crippen LogP contribution in [0.15, 0.2) is 41.2 Å². The zero-order valence-electron chi connectivity index (χ0n) is 14.2. The molecule has 25 heavy (non-hydrogen) atoms. The van der Waals surface area contributed by atoms with Crippen LogP contribution in [-0.4, -0.2) is 30.3 Å². The number of thiazole rings is 1. The first-order chi connectivity index (χ1) is 12.2. The molecule has 1 aromatic heterocycles. The van der Waals surface area contributed by atoms with Gasteiger partial charge in [-0.2, -0.15) is 0 Å². The number of fused-ring (bicyclic) bond motifs is 1. The molecular formula is C19H22N2O3S. The summed E-state index contributed by atoms with van der Waals surface area (Å²) in [6.45, 7) is 1.78. The van der Waals surface area contributed by atoms with Crippen LogP contribution in [-0.2, 0) is 12.8 Å². The van der Waals surface area contributed by atoms with Crippen LogP contribution in [0, 0.1) is 0 Å². The lowest BCUT2D eigenvalue weighted by atomic mass is 10.1. The van der Waals surface area contributed by atoms with Gasteiger partial charge < -0.3 is 20.1 Å². The number of benzene rings is 2. The van der Waals surface area contributed by atoms with Crippen LogP contribution in [0.4, 0.5) is 0 Å². The van der Waals surface area contributed by atoms with Gasteiger partial charge in [-0.15, -0.1) is 0 Å². The molecule has 0 saturated carbocycles. The molecule has 0 radical (unpaired) electrons. The molecular weight excluding hydrogens is 336 g/mol. The van der Waals surface area contributed by atoms with Crippen molar-refractivity contribution in [2.75, 3.05) is 20.2 Å². The van der Waals surface area contributed by atoms with Gasteiger partial charge in [-0.05, 0) is 61.7 Å². The van der Waals surface area contributed by atoms with Gasteiger partial charge in [0.25, 0.3) is 0 Å². The topological polar surface area (TPSA) is 74.3 Å². The summed E-state index contributed by atoms with van der Waals surface area (Å²) in [5.74, 6) is 1.01. The molecule has 3 aromatic rings. The second-order valence-electron chi connectivity index (χ2n) is 5.91. The second kappa shape index (κ2) is 8.18. The first-order valence-electron chi connectivity index (χ1n) is 8.34. The van der Waals surface area contributed by atoms with Crippen molar-refractivity contribution in [3.63, 3.8) is 0 Å². The Kier molecular flexibility index (Phi) is 5.73. The third-order valence-corrected chi connectivity index (χ3v) is 5.15. The Morgan fingerprint density at radius 3 is 2.68 bits per heavy atom. The summed E-state index contributed by atoms with van der Waals surface area (Å²) in [4.78, 5) is 14.1. The number of methoxy groups -OCH3 is 1. The Morgan fingerprint density at radius 1 is 1.12 bits per heavy atom. The number of phenolic OH excluding ortho intramolecular Hbond substituents is 1. The quantitative estimate of drug-likeness (QED) is 0.541. The van der Waals surface area contributed by atoms with E-state index in [2.05, 4.69) is 22.4 Å². The van der Waals surface area contributed by atoms with Crippen LogP contribution < -0.4 is 14.9 Å². The van der Waals surface area contributed by atoms with Gasteiger partial charge in [-0.25, -0.2) is 0 Å². The molecule has 5 nitrogen and oxygen atoms in total. The average molecular weight is 358 g/mol. The summed E-state index contributed by atoms with van der Waals surface area (Å²) >= 11 is 1.15. The summed E-state index contributed by atoms with van der Waals surface area (Å²) in [6, 6.07) is 11.7. The Bertz CT molecular complexity index is 884. The molecule has 0 aliphatic heterocycles. The van der Waals surface area contributed by atoms with Gasteiger partial charge in [0.15, 0.2) is 0 Å². The number of H-pyrrole nitrogens is 1. The largest absolute Gasteiger partial charge is 0.506 e. The van der Waals surface area contributed by atoms with Crippen molar-refractivity contribution >= 4 is 21.6 Å². The van der Waals surface area contributed by atoms with E-state index in [0.717, 1.165) is 59.7 Å². The van der Waals surface area contributed by atoms with Gasteiger partial charge in [0, 0.05) is 0 Å². The van der Waals surface area contributed by atoms with Crippen molar-refractivity contribution in [2.24, 2.45) is 0 Å². The summed E-state index contributed by atoms with van der Waals surface area (Å²) in [7, 11) is 1.67. The van der Waals surface area contributed by atoms with E-state index in [4.69, 9.17) is 4.74 Å². The fraction of sp³-hybridized carbons (Fsp3) is 0.316. The molecule has 0 bridgehead atoms. The van der Waals surface area contributed by atoms with E-state index in [9.17, 15) is 9.90 Å². The molecule has 0 atom stereocenters. The Balaban J connectivity index is 1.44. The number of rotatable bonds is 8. The second-order valence-corrected chi connectivity index (χ2v) is 6.90. The number of aryl methyl sites for hydroxylation is 1. The monoisotopic (exact) mass is 358 g/mol. The van der Waals surface area contributed by atoms with E-state index in [-0.39, 0.29) is 10.6 Å². The van der Waals surface area contributed by atoms with Gasteiger partial charge in [0.05, 0.1) is 11.8 Å². The predicted octanol–water partition coefficient (Wildman–Crippen LogP) is 3.07. The molecule has 0 aliphatic rings. The van der Waals surface area contributed by atoms with Crippen LogP contribution >= 0.6 is 11.3 Å². The molecule has 1 heterocycles. The van der Waals surface area contributed by atoms with E-state index in [0.29, 0.717) is 5.52 Å². The maximum atomic E-state index is 11.5. The van der Waals surface area contributed by atoms with Crippen LogP contribution in [0.1, 0.15) is 17.5 Å². The minimum absolute atomic E-state index is 0.129. The van der Waals surface area contributed by atoms with Gasteiger partial charge in [0.2, 0.25) is 0 Å². The highest BCUT2D eigenvalue weighted by atomic mass is 32.1. The predicted molar refractivity (Wildman–Crippen MR) is 102 cm³/mol. The fourth-order valence-corrected chi connectivity index (χ4v) is 3.73. The first-order valence-corrected chi connectivity index (χ1v) is 9.16. The molecule has 0 amide bonds. The van der Waals surface area contributed by atoms with Gasteiger partial charge in [0.1, 0.15) is 17.0 Å². The van der Waals surface area contributed by atoms with Crippen LogP contribution in [0.2, 0.25) is 0 Å². The van der Waals surface area contributed by atoms with Gasteiger partial charge in [-0.3, -0.25) is 4.79 Å². The zero-order chi connectivity index (χ0) is 17.6. The zero-order valence-corrected chi connectivity index (χ0v) is 15.0. The molecule has 2 aromatic carbocycles. The number of ether oxygens (including phenoxy) is 1. The molecule has 6 heteroatoms. The average Bonchev–Trinajstić information content (AvgIpc) is 3.03. The van der Waals surface area contributed by atoms with Gasteiger partial charge in [-0.1, -0.05) is 29.5 Å². The Morgan fingerprint density at radius 2 is 1.92 bits per heavy atom. The normalized spacial score (nSPS) is 11.1. The molecule has 0 fully saturated rings. The van der Waals surface area contributed by atoms with Crippen molar-refractivity contribution in [3.8, 4) is 11.5 Å². The lowest BCUT2D eigenvalue weighted by molar-refractivity contribution is 0.414. The third kappa shape index (κ3) is 4.41. The molecule has 0 saturated heterocycles. The fourth-order valence-electron chi connectivity index (χ4n) is 2.83. The standard InChI is InChI=1S/C19H22N2O3S/c1-24-15-7-4-13(5-8-15)3-2-11-20-12-10-14-6-9-16(22)17-18(14)25-19(23)21-17/h4-9,20,22H,2-3,10-12H2,1H3,(H,21,23). The number of hydrogen-bond acceptors (Lipinski definition) is 5. The minimum Gasteiger partial charge on any atom is -0.506 e. The van der Waals surface area contributed by atoms with E-state index >= 15 is 0 Å². The van der Waals surface area contributed by atoms with Crippen molar-refractivity contribution in [1.29, 1.82) is 0 Å². The van der Waals surface area contributed by atoms with Crippen LogP contribution in [0.25, 0.3) is 10.2 Å². The maximum Gasteiger partial charge on any atom is 0.305 e. The van der Waals surface area contributed by atoms with Crippen LogP contribution in [0.3, 0.4) is 0 Å². The lowest BCUT2D eigenvalue weighted by Gasteiger charge is -2.07. The number of hydrogen-bond donors (Lipinski definition) is 3.